The normalized spacial score (nSPS) is 12.2. The van der Waals surface area contributed by atoms with Gasteiger partial charge in [-0.1, -0.05) is 84.9 Å². The van der Waals surface area contributed by atoms with Crippen molar-refractivity contribution in [3.8, 4) is 0 Å². The smallest absolute Gasteiger partial charge is 0.253 e. The van der Waals surface area contributed by atoms with Crippen LogP contribution >= 0.6 is 0 Å². The van der Waals surface area contributed by atoms with Crippen LogP contribution in [0.1, 0.15) is 38.8 Å². The summed E-state index contributed by atoms with van der Waals surface area (Å²) in [6.07, 6.45) is 2.18. The lowest BCUT2D eigenvalue weighted by atomic mass is 10.1. The Morgan fingerprint density at radius 1 is 0.600 bits per heavy atom. The second-order valence-electron chi connectivity index (χ2n) is 10.6. The summed E-state index contributed by atoms with van der Waals surface area (Å²) in [6.45, 7) is 1.82. The van der Waals surface area contributed by atoms with E-state index in [4.69, 9.17) is 0 Å². The molecule has 0 bridgehead atoms. The highest BCUT2D eigenvalue weighted by molar-refractivity contribution is 7.92. The average Bonchev–Trinajstić information content (AvgIpc) is 3.01. The van der Waals surface area contributed by atoms with Gasteiger partial charge in [0.1, 0.15) is 0 Å². The second-order valence-corrected chi connectivity index (χ2v) is 14.4. The Kier molecular flexibility index (Phi) is 10.6. The molecule has 2 amide bonds. The van der Waals surface area contributed by atoms with Crippen LogP contribution in [0.3, 0.4) is 0 Å². The highest BCUT2D eigenvalue weighted by atomic mass is 32.2. The lowest BCUT2D eigenvalue weighted by Crippen LogP contribution is -2.43. The van der Waals surface area contributed by atoms with E-state index in [1.165, 1.54) is 8.61 Å². The van der Waals surface area contributed by atoms with Crippen molar-refractivity contribution in [1.29, 1.82) is 0 Å². The molecule has 0 radical (unpaired) electrons. The maximum Gasteiger partial charge on any atom is 0.253 e. The molecular formula is C33H36N4O6S2. The molecule has 0 saturated carbocycles. The first-order valence-electron chi connectivity index (χ1n) is 14.1. The van der Waals surface area contributed by atoms with Gasteiger partial charge in [0.25, 0.3) is 11.8 Å². The molecule has 45 heavy (non-hydrogen) atoms. The van der Waals surface area contributed by atoms with Crippen LogP contribution in [0.5, 0.6) is 0 Å². The summed E-state index contributed by atoms with van der Waals surface area (Å²) in [7, 11) is -7.49. The maximum absolute atomic E-state index is 13.4. The molecule has 236 valence electrons. The number of anilines is 2. The predicted molar refractivity (Wildman–Crippen MR) is 177 cm³/mol. The summed E-state index contributed by atoms with van der Waals surface area (Å²) < 4.78 is 53.5. The summed E-state index contributed by atoms with van der Waals surface area (Å²) in [5, 5.41) is 5.61. The van der Waals surface area contributed by atoms with E-state index in [2.05, 4.69) is 10.6 Å². The Morgan fingerprint density at radius 3 is 1.40 bits per heavy atom. The molecule has 0 aliphatic carbocycles. The van der Waals surface area contributed by atoms with Gasteiger partial charge in [0.15, 0.2) is 0 Å². The highest BCUT2D eigenvalue weighted by Gasteiger charge is 2.26. The van der Waals surface area contributed by atoms with Gasteiger partial charge in [-0.3, -0.25) is 18.2 Å². The van der Waals surface area contributed by atoms with Crippen LogP contribution in [0.25, 0.3) is 0 Å². The summed E-state index contributed by atoms with van der Waals surface area (Å²) in [4.78, 5) is 26.7. The summed E-state index contributed by atoms with van der Waals surface area (Å²) in [6, 6.07) is 30.4. The Hall–Kier alpha value is -4.68. The fraction of sp³-hybridized carbons (Fsp3) is 0.212. The van der Waals surface area contributed by atoms with Crippen LogP contribution in [0.2, 0.25) is 0 Å². The van der Waals surface area contributed by atoms with Gasteiger partial charge in [-0.15, -0.1) is 0 Å². The Morgan fingerprint density at radius 2 is 0.978 bits per heavy atom. The number of carbonyl (C=O) groups excluding carboxylic acids is 2. The number of nitrogens with one attached hydrogen (secondary N) is 2. The zero-order chi connectivity index (χ0) is 32.6. The highest BCUT2D eigenvalue weighted by Crippen LogP contribution is 2.27. The number of hydrogen-bond donors (Lipinski definition) is 2. The number of rotatable bonds is 13. The topological polar surface area (TPSA) is 133 Å². The number of hydrogen-bond acceptors (Lipinski definition) is 6. The van der Waals surface area contributed by atoms with Crippen LogP contribution in [0.15, 0.2) is 109 Å². The molecule has 2 N–H and O–H groups in total. The quantitative estimate of drug-likeness (QED) is 0.224. The van der Waals surface area contributed by atoms with Crippen molar-refractivity contribution in [2.45, 2.75) is 26.1 Å². The summed E-state index contributed by atoms with van der Waals surface area (Å²) in [5.41, 5.74) is 2.29. The minimum atomic E-state index is -3.75. The molecule has 4 aromatic carbocycles. The van der Waals surface area contributed by atoms with Crippen LogP contribution < -0.4 is 19.2 Å². The molecule has 0 fully saturated rings. The van der Waals surface area contributed by atoms with Crippen molar-refractivity contribution in [2.24, 2.45) is 0 Å². The van der Waals surface area contributed by atoms with Crippen molar-refractivity contribution in [3.63, 3.8) is 0 Å². The molecule has 0 spiro atoms. The molecule has 0 aliphatic rings. The number of sulfonamides is 2. The monoisotopic (exact) mass is 648 g/mol. The minimum absolute atomic E-state index is 0.0262. The number of amides is 2. The SMILES string of the molecule is C[C@@H](CNC(=O)c1ccccc1N(Cc1ccccc1)S(C)(=O)=O)NC(=O)c1ccccc1N(Cc1ccccc1)S(C)(=O)=O. The van der Waals surface area contributed by atoms with Crippen LogP contribution in [-0.4, -0.2) is 53.7 Å². The third-order valence-electron chi connectivity index (χ3n) is 6.92. The van der Waals surface area contributed by atoms with Gasteiger partial charge < -0.3 is 10.6 Å². The maximum atomic E-state index is 13.4. The van der Waals surface area contributed by atoms with E-state index in [0.29, 0.717) is 0 Å². The molecule has 10 nitrogen and oxygen atoms in total. The Bertz CT molecular complexity index is 1850. The van der Waals surface area contributed by atoms with Crippen molar-refractivity contribution in [2.75, 3.05) is 27.7 Å². The molecule has 12 heteroatoms. The van der Waals surface area contributed by atoms with Gasteiger partial charge >= 0.3 is 0 Å². The van der Waals surface area contributed by atoms with Gasteiger partial charge in [-0.05, 0) is 42.3 Å². The van der Waals surface area contributed by atoms with Gasteiger partial charge in [0, 0.05) is 12.6 Å². The molecule has 0 aliphatic heterocycles. The fourth-order valence-corrected chi connectivity index (χ4v) is 6.52. The van der Waals surface area contributed by atoms with E-state index < -0.39 is 37.9 Å². The molecule has 0 heterocycles. The number of para-hydroxylation sites is 2. The van der Waals surface area contributed by atoms with Crippen LogP contribution in [0.4, 0.5) is 11.4 Å². The zero-order valence-electron chi connectivity index (χ0n) is 25.3. The third kappa shape index (κ3) is 8.93. The molecule has 4 aromatic rings. The molecular weight excluding hydrogens is 613 g/mol. The average molecular weight is 649 g/mol. The number of carbonyl (C=O) groups is 2. The summed E-state index contributed by atoms with van der Waals surface area (Å²) >= 11 is 0. The van der Waals surface area contributed by atoms with E-state index in [0.717, 1.165) is 23.6 Å². The Balaban J connectivity index is 1.48. The van der Waals surface area contributed by atoms with Gasteiger partial charge in [-0.25, -0.2) is 16.8 Å². The standard InChI is InChI=1S/C33H36N4O6S2/c1-25(35-33(39)29-19-11-13-21-31(29)37(45(3,42)43)24-27-16-8-5-9-17-27)22-34-32(38)28-18-10-12-20-30(28)36(44(2,40)41)23-26-14-6-4-7-15-26/h4-21,25H,22-24H2,1-3H3,(H,34,38)(H,35,39)/t25-/m0/s1. The molecule has 4 rings (SSSR count). The largest absolute Gasteiger partial charge is 0.350 e. The summed E-state index contributed by atoms with van der Waals surface area (Å²) in [5.74, 6) is -1.03. The van der Waals surface area contributed by atoms with Crippen molar-refractivity contribution in [3.05, 3.63) is 131 Å². The first-order chi connectivity index (χ1) is 21.3. The second kappa shape index (κ2) is 14.4. The van der Waals surface area contributed by atoms with E-state index in [9.17, 15) is 26.4 Å². The van der Waals surface area contributed by atoms with E-state index in [1.807, 2.05) is 36.4 Å². The van der Waals surface area contributed by atoms with Crippen LogP contribution in [0, 0.1) is 0 Å². The molecule has 1 atom stereocenters. The fourth-order valence-electron chi connectivity index (χ4n) is 4.72. The van der Waals surface area contributed by atoms with Crippen LogP contribution in [-0.2, 0) is 33.1 Å². The van der Waals surface area contributed by atoms with E-state index in [-0.39, 0.29) is 42.1 Å². The minimum Gasteiger partial charge on any atom is -0.350 e. The number of nitrogens with zero attached hydrogens (tertiary/aromatic N) is 2. The van der Waals surface area contributed by atoms with E-state index >= 15 is 0 Å². The van der Waals surface area contributed by atoms with Gasteiger partial charge in [0.05, 0.1) is 48.1 Å². The van der Waals surface area contributed by atoms with Gasteiger partial charge in [0.2, 0.25) is 20.0 Å². The lowest BCUT2D eigenvalue weighted by Gasteiger charge is -2.26. The predicted octanol–water partition coefficient (Wildman–Crippen LogP) is 4.17. The van der Waals surface area contributed by atoms with Crippen molar-refractivity contribution >= 4 is 43.2 Å². The first kappa shape index (κ1) is 33.2. The van der Waals surface area contributed by atoms with Gasteiger partial charge in [-0.2, -0.15) is 0 Å². The number of benzene rings is 4. The van der Waals surface area contributed by atoms with Crippen molar-refractivity contribution in [1.82, 2.24) is 10.6 Å². The zero-order valence-corrected chi connectivity index (χ0v) is 26.9. The first-order valence-corrected chi connectivity index (χ1v) is 17.8. The van der Waals surface area contributed by atoms with E-state index in [1.54, 1.807) is 79.7 Å². The lowest BCUT2D eigenvalue weighted by molar-refractivity contribution is 0.0913. The third-order valence-corrected chi connectivity index (χ3v) is 9.17. The Labute approximate surface area is 264 Å². The molecule has 0 aromatic heterocycles. The van der Waals surface area contributed by atoms with Crippen molar-refractivity contribution < 1.29 is 26.4 Å². The molecule has 0 unspecified atom stereocenters. The molecule has 0 saturated heterocycles.